The minimum absolute atomic E-state index is 0.0415. The van der Waals surface area contributed by atoms with Gasteiger partial charge in [0, 0.05) is 0 Å². The summed E-state index contributed by atoms with van der Waals surface area (Å²) < 4.78 is 5.46. The van der Waals surface area contributed by atoms with Gasteiger partial charge in [-0.3, -0.25) is 4.79 Å². The molecule has 0 bridgehead atoms. The number of rotatable bonds is 5. The highest BCUT2D eigenvalue weighted by atomic mass is 16.5. The van der Waals surface area contributed by atoms with E-state index in [4.69, 9.17) is 9.84 Å². The number of aliphatic carboxylic acids is 1. The van der Waals surface area contributed by atoms with Gasteiger partial charge in [-0.1, -0.05) is 12.2 Å². The molecule has 0 aromatic carbocycles. The van der Waals surface area contributed by atoms with E-state index in [2.05, 4.69) is 6.58 Å². The van der Waals surface area contributed by atoms with Gasteiger partial charge in [-0.2, -0.15) is 0 Å². The summed E-state index contributed by atoms with van der Waals surface area (Å²) >= 11 is 0. The first kappa shape index (κ1) is 14.3. The van der Waals surface area contributed by atoms with Crippen LogP contribution in [0, 0.1) is 0 Å². The molecule has 0 aromatic heterocycles. The number of carboxylic acid groups (broad SMARTS) is 1. The zero-order valence-corrected chi connectivity index (χ0v) is 11.2. The maximum Gasteiger partial charge on any atom is 0.307 e. The molecule has 1 N–H and O–H groups in total. The van der Waals surface area contributed by atoms with E-state index >= 15 is 0 Å². The van der Waals surface area contributed by atoms with E-state index in [1.54, 1.807) is 0 Å². The second-order valence-corrected chi connectivity index (χ2v) is 4.29. The summed E-state index contributed by atoms with van der Waals surface area (Å²) in [5.74, 6) is -0.0605. The molecule has 0 aliphatic heterocycles. The van der Waals surface area contributed by atoms with Crippen LogP contribution in [0.25, 0.3) is 0 Å². The molecular formula is C15H20O3. The van der Waals surface area contributed by atoms with Crippen LogP contribution in [0.3, 0.4) is 0 Å². The quantitative estimate of drug-likeness (QED) is 0.756. The molecule has 0 unspecified atom stereocenters. The van der Waals surface area contributed by atoms with Gasteiger partial charge in [-0.25, -0.2) is 0 Å². The van der Waals surface area contributed by atoms with Crippen molar-refractivity contribution >= 4 is 5.97 Å². The van der Waals surface area contributed by atoms with Gasteiger partial charge in [0.25, 0.3) is 0 Å². The Kier molecular flexibility index (Phi) is 4.95. The molecular weight excluding hydrogens is 228 g/mol. The summed E-state index contributed by atoms with van der Waals surface area (Å²) in [7, 11) is 0. The Morgan fingerprint density at radius 1 is 1.56 bits per heavy atom. The lowest BCUT2D eigenvalue weighted by atomic mass is 10.0. The monoisotopic (exact) mass is 248 g/mol. The molecule has 0 spiro atoms. The van der Waals surface area contributed by atoms with E-state index in [-0.39, 0.29) is 6.42 Å². The largest absolute Gasteiger partial charge is 0.494 e. The number of hydrogen-bond acceptors (Lipinski definition) is 2. The molecule has 18 heavy (non-hydrogen) atoms. The van der Waals surface area contributed by atoms with Gasteiger partial charge < -0.3 is 9.84 Å². The van der Waals surface area contributed by atoms with E-state index in [0.29, 0.717) is 6.61 Å². The van der Waals surface area contributed by atoms with Crippen molar-refractivity contribution in [1.29, 1.82) is 0 Å². The van der Waals surface area contributed by atoms with Crippen LogP contribution in [0.1, 0.15) is 33.6 Å². The average Bonchev–Trinajstić information content (AvgIpc) is 2.54. The minimum Gasteiger partial charge on any atom is -0.494 e. The smallest absolute Gasteiger partial charge is 0.307 e. The van der Waals surface area contributed by atoms with E-state index < -0.39 is 5.97 Å². The SMILES string of the molecule is C=C1CC(C)=C(CC(=O)O)/C1=C/C(=C\C)OCC. The van der Waals surface area contributed by atoms with Crippen LogP contribution >= 0.6 is 0 Å². The van der Waals surface area contributed by atoms with Gasteiger partial charge in [-0.15, -0.1) is 0 Å². The Morgan fingerprint density at radius 2 is 2.22 bits per heavy atom. The molecule has 0 atom stereocenters. The predicted octanol–water partition coefficient (Wildman–Crippen LogP) is 3.60. The Hall–Kier alpha value is -1.77. The summed E-state index contributed by atoms with van der Waals surface area (Å²) in [5, 5.41) is 8.95. The summed E-state index contributed by atoms with van der Waals surface area (Å²) in [6.07, 6.45) is 4.55. The molecule has 1 aliphatic carbocycles. The van der Waals surface area contributed by atoms with E-state index in [9.17, 15) is 4.79 Å². The van der Waals surface area contributed by atoms with Gasteiger partial charge in [0.2, 0.25) is 0 Å². The van der Waals surface area contributed by atoms with E-state index in [0.717, 1.165) is 34.5 Å². The maximum atomic E-state index is 10.9. The van der Waals surface area contributed by atoms with Crippen LogP contribution in [0.15, 0.2) is 46.8 Å². The van der Waals surface area contributed by atoms with Gasteiger partial charge in [0.1, 0.15) is 5.76 Å². The highest BCUT2D eigenvalue weighted by molar-refractivity contribution is 5.75. The standard InChI is InChI=1S/C15H20O3/c1-5-12(18-6-2)8-13-10(3)7-11(4)14(13)9-15(16)17/h5,8H,3,6-7,9H2,1-2,4H3,(H,16,17)/b12-5+,13-8+. The van der Waals surface area contributed by atoms with Crippen LogP contribution in [0.2, 0.25) is 0 Å². The van der Waals surface area contributed by atoms with Crippen LogP contribution < -0.4 is 0 Å². The number of carbonyl (C=O) groups is 1. The third-order valence-corrected chi connectivity index (χ3v) is 2.91. The van der Waals surface area contributed by atoms with Crippen LogP contribution in [0.4, 0.5) is 0 Å². The van der Waals surface area contributed by atoms with Crippen molar-refractivity contribution in [3.05, 3.63) is 46.8 Å². The molecule has 0 fully saturated rings. The topological polar surface area (TPSA) is 46.5 Å². The third-order valence-electron chi connectivity index (χ3n) is 2.91. The van der Waals surface area contributed by atoms with Crippen LogP contribution in [-0.4, -0.2) is 17.7 Å². The lowest BCUT2D eigenvalue weighted by Gasteiger charge is -2.08. The van der Waals surface area contributed by atoms with Crippen molar-refractivity contribution in [1.82, 2.24) is 0 Å². The lowest BCUT2D eigenvalue weighted by molar-refractivity contribution is -0.136. The number of carboxylic acids is 1. The molecule has 3 nitrogen and oxygen atoms in total. The molecule has 0 amide bonds. The minimum atomic E-state index is -0.816. The predicted molar refractivity (Wildman–Crippen MR) is 72.2 cm³/mol. The zero-order chi connectivity index (χ0) is 13.7. The summed E-state index contributed by atoms with van der Waals surface area (Å²) in [6, 6.07) is 0. The molecule has 3 heteroatoms. The summed E-state index contributed by atoms with van der Waals surface area (Å²) in [4.78, 5) is 10.9. The van der Waals surface area contributed by atoms with E-state index in [1.165, 1.54) is 0 Å². The summed E-state index contributed by atoms with van der Waals surface area (Å²) in [5.41, 5.74) is 3.83. The fourth-order valence-corrected chi connectivity index (χ4v) is 2.07. The molecule has 0 saturated carbocycles. The first-order valence-corrected chi connectivity index (χ1v) is 6.09. The number of ether oxygens (including phenoxy) is 1. The third kappa shape index (κ3) is 3.36. The Labute approximate surface area is 108 Å². The molecule has 0 radical (unpaired) electrons. The Morgan fingerprint density at radius 3 is 2.72 bits per heavy atom. The summed E-state index contributed by atoms with van der Waals surface area (Å²) in [6.45, 7) is 10.4. The van der Waals surface area contributed by atoms with Gasteiger partial charge in [0.15, 0.2) is 0 Å². The second kappa shape index (κ2) is 6.24. The zero-order valence-electron chi connectivity index (χ0n) is 11.2. The molecule has 98 valence electrons. The van der Waals surface area contributed by atoms with Gasteiger partial charge >= 0.3 is 5.97 Å². The first-order chi connectivity index (χ1) is 8.49. The number of allylic oxidation sites excluding steroid dienone is 5. The lowest BCUT2D eigenvalue weighted by Crippen LogP contribution is -2.00. The molecule has 0 heterocycles. The van der Waals surface area contributed by atoms with Crippen LogP contribution in [0.5, 0.6) is 0 Å². The maximum absolute atomic E-state index is 10.9. The van der Waals surface area contributed by atoms with Crippen molar-refractivity contribution in [2.75, 3.05) is 6.61 Å². The highest BCUT2D eigenvalue weighted by Crippen LogP contribution is 2.37. The second-order valence-electron chi connectivity index (χ2n) is 4.29. The fourth-order valence-electron chi connectivity index (χ4n) is 2.07. The van der Waals surface area contributed by atoms with Crippen molar-refractivity contribution in [2.24, 2.45) is 0 Å². The molecule has 1 aliphatic rings. The van der Waals surface area contributed by atoms with Crippen molar-refractivity contribution < 1.29 is 14.6 Å². The molecule has 0 saturated heterocycles. The molecule has 1 rings (SSSR count). The first-order valence-electron chi connectivity index (χ1n) is 6.09. The van der Waals surface area contributed by atoms with Crippen molar-refractivity contribution in [3.8, 4) is 0 Å². The van der Waals surface area contributed by atoms with Gasteiger partial charge in [-0.05, 0) is 56.1 Å². The number of hydrogen-bond donors (Lipinski definition) is 1. The Balaban J connectivity index is 3.07. The average molecular weight is 248 g/mol. The highest BCUT2D eigenvalue weighted by Gasteiger charge is 2.22. The fraction of sp³-hybridized carbons (Fsp3) is 0.400. The van der Waals surface area contributed by atoms with Crippen molar-refractivity contribution in [3.63, 3.8) is 0 Å². The van der Waals surface area contributed by atoms with Crippen LogP contribution in [-0.2, 0) is 9.53 Å². The van der Waals surface area contributed by atoms with E-state index in [1.807, 2.05) is 32.9 Å². The molecule has 0 aromatic rings. The normalized spacial score (nSPS) is 18.7. The van der Waals surface area contributed by atoms with Gasteiger partial charge in [0.05, 0.1) is 13.0 Å². The Bertz CT molecular complexity index is 450. The van der Waals surface area contributed by atoms with Crippen molar-refractivity contribution in [2.45, 2.75) is 33.6 Å².